The zero-order valence-electron chi connectivity index (χ0n) is 6.48. The number of rotatable bonds is 1. The van der Waals surface area contributed by atoms with E-state index < -0.39 is 5.95 Å². The summed E-state index contributed by atoms with van der Waals surface area (Å²) in [4.78, 5) is 0. The quantitative estimate of drug-likeness (QED) is 0.587. The molecule has 0 atom stereocenters. The van der Waals surface area contributed by atoms with E-state index >= 15 is 0 Å². The van der Waals surface area contributed by atoms with Crippen LogP contribution in [0.25, 0.3) is 5.69 Å². The van der Waals surface area contributed by atoms with Crippen molar-refractivity contribution in [1.82, 2.24) is 5.27 Å². The SMILES string of the molecule is [O-]c1c[n+](-c2cccc(F)c2)no1. The van der Waals surface area contributed by atoms with Gasteiger partial charge in [-0.05, 0) is 10.7 Å². The fourth-order valence-corrected chi connectivity index (χ4v) is 0.972. The van der Waals surface area contributed by atoms with Gasteiger partial charge in [0, 0.05) is 12.1 Å². The minimum absolute atomic E-state index is 0.388. The Balaban J connectivity index is 2.46. The summed E-state index contributed by atoms with van der Waals surface area (Å²) in [7, 11) is 0. The van der Waals surface area contributed by atoms with Gasteiger partial charge in [-0.15, -0.1) is 0 Å². The lowest BCUT2D eigenvalue weighted by molar-refractivity contribution is -0.670. The van der Waals surface area contributed by atoms with Crippen molar-refractivity contribution in [3.05, 3.63) is 36.3 Å². The third-order valence-electron chi connectivity index (χ3n) is 1.52. The Labute approximate surface area is 72.8 Å². The normalized spacial score (nSPS) is 10.2. The summed E-state index contributed by atoms with van der Waals surface area (Å²) in [6.07, 6.45) is 1.13. The van der Waals surface area contributed by atoms with E-state index in [1.54, 1.807) is 6.07 Å². The number of nitrogens with zero attached hydrogens (tertiary/aromatic N) is 2. The Kier molecular flexibility index (Phi) is 1.70. The molecule has 2 rings (SSSR count). The molecule has 0 radical (unpaired) electrons. The second-order valence-corrected chi connectivity index (χ2v) is 2.45. The number of benzene rings is 1. The van der Waals surface area contributed by atoms with Crippen LogP contribution < -0.4 is 9.79 Å². The highest BCUT2D eigenvalue weighted by Gasteiger charge is 2.08. The van der Waals surface area contributed by atoms with E-state index in [1.165, 1.54) is 22.9 Å². The lowest BCUT2D eigenvalue weighted by Gasteiger charge is -1.87. The van der Waals surface area contributed by atoms with Gasteiger partial charge in [-0.1, -0.05) is 6.07 Å². The van der Waals surface area contributed by atoms with E-state index in [1.807, 2.05) is 0 Å². The Morgan fingerprint density at radius 3 is 2.92 bits per heavy atom. The molecule has 2 aromatic rings. The van der Waals surface area contributed by atoms with E-state index in [0.717, 1.165) is 6.20 Å². The van der Waals surface area contributed by atoms with Crippen LogP contribution in [0.4, 0.5) is 4.39 Å². The molecule has 0 N–H and O–H groups in total. The standard InChI is InChI=1S/C8H5FN2O2/c9-6-2-1-3-7(4-6)11-5-8(12)13-10-11/h1-5H. The molecule has 0 unspecified atom stereocenters. The van der Waals surface area contributed by atoms with Crippen molar-refractivity contribution in [2.24, 2.45) is 0 Å². The predicted molar refractivity (Wildman–Crippen MR) is 37.4 cm³/mol. The molecule has 0 saturated carbocycles. The van der Waals surface area contributed by atoms with Gasteiger partial charge in [0.2, 0.25) is 11.9 Å². The zero-order chi connectivity index (χ0) is 9.26. The van der Waals surface area contributed by atoms with Crippen molar-refractivity contribution in [3.63, 3.8) is 0 Å². The van der Waals surface area contributed by atoms with Gasteiger partial charge in [0.1, 0.15) is 11.8 Å². The average molecular weight is 180 g/mol. The number of halogens is 1. The van der Waals surface area contributed by atoms with Crippen LogP contribution in [0.2, 0.25) is 0 Å². The van der Waals surface area contributed by atoms with Gasteiger partial charge >= 0.3 is 0 Å². The minimum Gasteiger partial charge on any atom is -0.539 e. The molecule has 0 bridgehead atoms. The van der Waals surface area contributed by atoms with Crippen LogP contribution >= 0.6 is 0 Å². The molecule has 0 aliphatic rings. The van der Waals surface area contributed by atoms with Crippen LogP contribution in [0.5, 0.6) is 5.95 Å². The Bertz CT molecular complexity index is 428. The summed E-state index contributed by atoms with van der Waals surface area (Å²) >= 11 is 0. The molecule has 66 valence electrons. The fraction of sp³-hybridized carbons (Fsp3) is 0. The molecule has 0 fully saturated rings. The van der Waals surface area contributed by atoms with Crippen LogP contribution in [0.15, 0.2) is 35.0 Å². The van der Waals surface area contributed by atoms with Gasteiger partial charge in [-0.2, -0.15) is 0 Å². The second-order valence-electron chi connectivity index (χ2n) is 2.45. The van der Waals surface area contributed by atoms with E-state index in [0.29, 0.717) is 5.69 Å². The lowest BCUT2D eigenvalue weighted by atomic mass is 10.3. The van der Waals surface area contributed by atoms with Gasteiger partial charge in [0.05, 0.1) is 5.27 Å². The van der Waals surface area contributed by atoms with Crippen molar-refractivity contribution >= 4 is 0 Å². The smallest absolute Gasteiger partial charge is 0.242 e. The van der Waals surface area contributed by atoms with Crippen LogP contribution in [0.1, 0.15) is 0 Å². The topological polar surface area (TPSA) is 53.0 Å². The molecule has 1 heterocycles. The summed E-state index contributed by atoms with van der Waals surface area (Å²) in [5.74, 6) is -0.954. The fourth-order valence-electron chi connectivity index (χ4n) is 0.972. The molecule has 0 amide bonds. The molecule has 0 spiro atoms. The minimum atomic E-state index is -0.565. The summed E-state index contributed by atoms with van der Waals surface area (Å²) in [6.45, 7) is 0. The Morgan fingerprint density at radius 1 is 1.46 bits per heavy atom. The number of hydrogen-bond acceptors (Lipinski definition) is 3. The van der Waals surface area contributed by atoms with Crippen LogP contribution in [-0.2, 0) is 0 Å². The third-order valence-corrected chi connectivity index (χ3v) is 1.52. The summed E-state index contributed by atoms with van der Waals surface area (Å²) in [5.41, 5.74) is 0.450. The highest BCUT2D eigenvalue weighted by Crippen LogP contribution is 2.03. The maximum absolute atomic E-state index is 12.7. The maximum atomic E-state index is 12.7. The third kappa shape index (κ3) is 1.48. The molecule has 0 saturated heterocycles. The molecule has 1 aromatic carbocycles. The molecule has 13 heavy (non-hydrogen) atoms. The summed E-state index contributed by atoms with van der Waals surface area (Å²) in [5, 5.41) is 14.0. The van der Waals surface area contributed by atoms with Gasteiger partial charge in [-0.3, -0.25) is 0 Å². The largest absolute Gasteiger partial charge is 0.539 e. The first-order valence-corrected chi connectivity index (χ1v) is 3.57. The lowest BCUT2D eigenvalue weighted by Crippen LogP contribution is -2.31. The molecule has 5 heteroatoms. The molecule has 4 nitrogen and oxygen atoms in total. The predicted octanol–water partition coefficient (Wildman–Crippen LogP) is 0.164. The van der Waals surface area contributed by atoms with Crippen molar-refractivity contribution in [3.8, 4) is 11.6 Å². The maximum Gasteiger partial charge on any atom is 0.242 e. The first-order valence-electron chi connectivity index (χ1n) is 3.57. The Morgan fingerprint density at radius 2 is 2.31 bits per heavy atom. The molecule has 1 aromatic heterocycles. The monoisotopic (exact) mass is 180 g/mol. The van der Waals surface area contributed by atoms with Gasteiger partial charge in [-0.25, -0.2) is 4.39 Å². The van der Waals surface area contributed by atoms with Crippen molar-refractivity contribution in [2.45, 2.75) is 0 Å². The summed E-state index contributed by atoms with van der Waals surface area (Å²) < 4.78 is 18.2. The number of hydrogen-bond donors (Lipinski definition) is 0. The molecular weight excluding hydrogens is 175 g/mol. The number of aromatic nitrogens is 2. The highest BCUT2D eigenvalue weighted by molar-refractivity contribution is 5.22. The first kappa shape index (κ1) is 7.72. The second kappa shape index (κ2) is 2.85. The molecular formula is C8H5FN2O2. The average Bonchev–Trinajstić information content (AvgIpc) is 2.52. The van der Waals surface area contributed by atoms with E-state index in [9.17, 15) is 9.50 Å². The zero-order valence-corrected chi connectivity index (χ0v) is 6.48. The Hall–Kier alpha value is -1.91. The van der Waals surface area contributed by atoms with Crippen molar-refractivity contribution in [1.29, 1.82) is 0 Å². The van der Waals surface area contributed by atoms with Gasteiger partial charge in [0.15, 0.2) is 0 Å². The van der Waals surface area contributed by atoms with Crippen LogP contribution in [0, 0.1) is 5.82 Å². The van der Waals surface area contributed by atoms with E-state index in [-0.39, 0.29) is 5.82 Å². The van der Waals surface area contributed by atoms with E-state index in [4.69, 9.17) is 0 Å². The van der Waals surface area contributed by atoms with E-state index in [2.05, 4.69) is 9.79 Å². The summed E-state index contributed by atoms with van der Waals surface area (Å²) in [6, 6.07) is 5.70. The van der Waals surface area contributed by atoms with Gasteiger partial charge < -0.3 is 9.63 Å². The van der Waals surface area contributed by atoms with Crippen LogP contribution in [0.3, 0.4) is 0 Å². The molecule has 0 aliphatic carbocycles. The highest BCUT2D eigenvalue weighted by atomic mass is 19.1. The van der Waals surface area contributed by atoms with Crippen LogP contribution in [-0.4, -0.2) is 5.27 Å². The first-order chi connectivity index (χ1) is 6.25. The van der Waals surface area contributed by atoms with Gasteiger partial charge in [0.25, 0.3) is 0 Å². The molecule has 0 aliphatic heterocycles. The van der Waals surface area contributed by atoms with Crippen molar-refractivity contribution in [2.75, 3.05) is 0 Å². The van der Waals surface area contributed by atoms with Crippen molar-refractivity contribution < 1.29 is 18.7 Å².